The van der Waals surface area contributed by atoms with Crippen molar-refractivity contribution in [1.82, 2.24) is 0 Å². The van der Waals surface area contributed by atoms with Crippen LogP contribution >= 0.6 is 15.9 Å². The SMILES string of the molecule is CC/C(=C/F)Nc1ccc(Br)cc1F. The van der Waals surface area contributed by atoms with Gasteiger partial charge in [0.1, 0.15) is 12.1 Å². The van der Waals surface area contributed by atoms with Gasteiger partial charge in [0.05, 0.1) is 5.69 Å². The zero-order chi connectivity index (χ0) is 10.6. The fourth-order valence-electron chi connectivity index (χ4n) is 0.957. The first kappa shape index (κ1) is 11.2. The molecule has 1 N–H and O–H groups in total. The average Bonchev–Trinajstić information content (AvgIpc) is 2.17. The van der Waals surface area contributed by atoms with Gasteiger partial charge in [-0.3, -0.25) is 0 Å². The fraction of sp³-hybridized carbons (Fsp3) is 0.200. The molecule has 0 unspecified atom stereocenters. The number of nitrogens with one attached hydrogen (secondary N) is 1. The Balaban J connectivity index is 2.87. The van der Waals surface area contributed by atoms with Gasteiger partial charge in [-0.2, -0.15) is 0 Å². The van der Waals surface area contributed by atoms with Crippen LogP contribution in [0.25, 0.3) is 0 Å². The molecule has 0 atom stereocenters. The topological polar surface area (TPSA) is 12.0 Å². The molecule has 14 heavy (non-hydrogen) atoms. The Hall–Kier alpha value is -0.900. The van der Waals surface area contributed by atoms with Gasteiger partial charge in [-0.15, -0.1) is 0 Å². The Morgan fingerprint density at radius 1 is 1.57 bits per heavy atom. The molecule has 0 bridgehead atoms. The van der Waals surface area contributed by atoms with E-state index in [1.165, 1.54) is 6.07 Å². The summed E-state index contributed by atoms with van der Waals surface area (Å²) in [5.41, 5.74) is 0.630. The molecular formula is C10H10BrF2N. The number of allylic oxidation sites excluding steroid dienone is 1. The molecule has 0 aliphatic rings. The van der Waals surface area contributed by atoms with Crippen LogP contribution in [0.3, 0.4) is 0 Å². The largest absolute Gasteiger partial charge is 0.355 e. The molecule has 0 aliphatic carbocycles. The van der Waals surface area contributed by atoms with Gasteiger partial charge in [0.25, 0.3) is 0 Å². The maximum atomic E-state index is 13.2. The standard InChI is InChI=1S/C10H10BrF2N/c1-2-8(6-12)14-10-4-3-7(11)5-9(10)13/h3-6,14H,2H2,1H3/b8-6-. The first-order valence-electron chi connectivity index (χ1n) is 4.18. The van der Waals surface area contributed by atoms with E-state index in [2.05, 4.69) is 21.2 Å². The van der Waals surface area contributed by atoms with Crippen LogP contribution < -0.4 is 5.32 Å². The van der Waals surface area contributed by atoms with Crippen molar-refractivity contribution in [3.8, 4) is 0 Å². The number of anilines is 1. The van der Waals surface area contributed by atoms with Crippen LogP contribution in [-0.2, 0) is 0 Å². The van der Waals surface area contributed by atoms with E-state index in [1.54, 1.807) is 19.1 Å². The summed E-state index contributed by atoms with van der Waals surface area (Å²) in [6.45, 7) is 1.79. The molecule has 0 radical (unpaired) electrons. The third kappa shape index (κ3) is 2.80. The Kier molecular flexibility index (Phi) is 4.07. The number of rotatable bonds is 3. The maximum absolute atomic E-state index is 13.2. The summed E-state index contributed by atoms with van der Waals surface area (Å²) in [6.07, 6.45) is 0.938. The van der Waals surface area contributed by atoms with Crippen molar-refractivity contribution in [2.45, 2.75) is 13.3 Å². The normalized spacial score (nSPS) is 11.6. The van der Waals surface area contributed by atoms with Crippen LogP contribution in [0.1, 0.15) is 13.3 Å². The molecule has 0 fully saturated rings. The Morgan fingerprint density at radius 3 is 2.79 bits per heavy atom. The van der Waals surface area contributed by atoms with Crippen molar-refractivity contribution in [2.75, 3.05) is 5.32 Å². The van der Waals surface area contributed by atoms with Crippen LogP contribution in [0.5, 0.6) is 0 Å². The summed E-state index contributed by atoms with van der Waals surface area (Å²) in [7, 11) is 0. The lowest BCUT2D eigenvalue weighted by Crippen LogP contribution is -1.99. The highest BCUT2D eigenvalue weighted by Crippen LogP contribution is 2.21. The third-order valence-electron chi connectivity index (χ3n) is 1.74. The van der Waals surface area contributed by atoms with Gasteiger partial charge in [0.15, 0.2) is 0 Å². The zero-order valence-corrected chi connectivity index (χ0v) is 9.24. The van der Waals surface area contributed by atoms with Gasteiger partial charge >= 0.3 is 0 Å². The van der Waals surface area contributed by atoms with Crippen molar-refractivity contribution in [2.24, 2.45) is 0 Å². The van der Waals surface area contributed by atoms with Gasteiger partial charge < -0.3 is 5.32 Å². The molecule has 0 spiro atoms. The molecule has 0 aliphatic heterocycles. The monoisotopic (exact) mass is 261 g/mol. The van der Waals surface area contributed by atoms with E-state index in [1.807, 2.05) is 0 Å². The Morgan fingerprint density at radius 2 is 2.29 bits per heavy atom. The molecule has 76 valence electrons. The second-order valence-electron chi connectivity index (χ2n) is 2.74. The molecule has 1 rings (SSSR count). The molecule has 1 aromatic carbocycles. The van der Waals surface area contributed by atoms with Gasteiger partial charge in [0, 0.05) is 10.2 Å². The van der Waals surface area contributed by atoms with Gasteiger partial charge in [-0.1, -0.05) is 22.9 Å². The second-order valence-corrected chi connectivity index (χ2v) is 3.65. The summed E-state index contributed by atoms with van der Waals surface area (Å²) in [4.78, 5) is 0. The van der Waals surface area contributed by atoms with Crippen LogP contribution in [-0.4, -0.2) is 0 Å². The van der Waals surface area contributed by atoms with Crippen molar-refractivity contribution < 1.29 is 8.78 Å². The quantitative estimate of drug-likeness (QED) is 0.859. The lowest BCUT2D eigenvalue weighted by atomic mass is 10.3. The van der Waals surface area contributed by atoms with Crippen molar-refractivity contribution >= 4 is 21.6 Å². The predicted octanol–water partition coefficient (Wildman–Crippen LogP) is 4.22. The van der Waals surface area contributed by atoms with E-state index >= 15 is 0 Å². The van der Waals surface area contributed by atoms with Gasteiger partial charge in [-0.25, -0.2) is 8.78 Å². The van der Waals surface area contributed by atoms with Crippen molar-refractivity contribution in [3.63, 3.8) is 0 Å². The molecule has 1 aromatic rings. The maximum Gasteiger partial charge on any atom is 0.147 e. The molecular weight excluding hydrogens is 252 g/mol. The molecule has 0 heterocycles. The summed E-state index contributed by atoms with van der Waals surface area (Å²) >= 11 is 3.14. The minimum Gasteiger partial charge on any atom is -0.355 e. The highest BCUT2D eigenvalue weighted by Gasteiger charge is 2.03. The highest BCUT2D eigenvalue weighted by atomic mass is 79.9. The molecule has 4 heteroatoms. The van der Waals surface area contributed by atoms with Crippen LogP contribution in [0.15, 0.2) is 34.7 Å². The fourth-order valence-corrected chi connectivity index (χ4v) is 1.29. The van der Waals surface area contributed by atoms with Gasteiger partial charge in [0.2, 0.25) is 0 Å². The minimum atomic E-state index is -0.410. The smallest absolute Gasteiger partial charge is 0.147 e. The van der Waals surface area contributed by atoms with Gasteiger partial charge in [-0.05, 0) is 24.6 Å². The summed E-state index contributed by atoms with van der Waals surface area (Å²) < 4.78 is 26.1. The molecule has 0 saturated heterocycles. The van der Waals surface area contributed by atoms with Crippen LogP contribution in [0.4, 0.5) is 14.5 Å². The first-order valence-corrected chi connectivity index (χ1v) is 4.98. The molecule has 0 saturated carbocycles. The summed E-state index contributed by atoms with van der Waals surface area (Å²) in [5, 5.41) is 2.66. The van der Waals surface area contributed by atoms with E-state index in [-0.39, 0.29) is 5.69 Å². The predicted molar refractivity (Wildman–Crippen MR) is 57.2 cm³/mol. The molecule has 0 aromatic heterocycles. The van der Waals surface area contributed by atoms with E-state index in [4.69, 9.17) is 0 Å². The third-order valence-corrected chi connectivity index (χ3v) is 2.23. The molecule has 1 nitrogen and oxygen atoms in total. The number of benzene rings is 1. The summed E-state index contributed by atoms with van der Waals surface area (Å²) in [6, 6.07) is 4.57. The van der Waals surface area contributed by atoms with E-state index in [0.29, 0.717) is 22.9 Å². The Bertz CT molecular complexity index is 350. The second kappa shape index (κ2) is 5.10. The van der Waals surface area contributed by atoms with E-state index < -0.39 is 5.82 Å². The van der Waals surface area contributed by atoms with Crippen LogP contribution in [0.2, 0.25) is 0 Å². The number of hydrogen-bond donors (Lipinski definition) is 1. The number of hydrogen-bond acceptors (Lipinski definition) is 1. The number of halogens is 3. The van der Waals surface area contributed by atoms with E-state index in [9.17, 15) is 8.78 Å². The van der Waals surface area contributed by atoms with E-state index in [0.717, 1.165) is 0 Å². The first-order chi connectivity index (χ1) is 6.67. The lowest BCUT2D eigenvalue weighted by molar-refractivity contribution is 0.629. The zero-order valence-electron chi connectivity index (χ0n) is 7.65. The lowest BCUT2D eigenvalue weighted by Gasteiger charge is -2.08. The van der Waals surface area contributed by atoms with Crippen molar-refractivity contribution in [1.29, 1.82) is 0 Å². The Labute approximate surface area is 90.0 Å². The summed E-state index contributed by atoms with van der Waals surface area (Å²) in [5.74, 6) is -0.410. The average molecular weight is 262 g/mol. The highest BCUT2D eigenvalue weighted by molar-refractivity contribution is 9.10. The molecule has 0 amide bonds. The minimum absolute atomic E-state index is 0.277. The van der Waals surface area contributed by atoms with Crippen LogP contribution in [0, 0.1) is 5.82 Å². The van der Waals surface area contributed by atoms with Crippen molar-refractivity contribution in [3.05, 3.63) is 40.5 Å².